The summed E-state index contributed by atoms with van der Waals surface area (Å²) >= 11 is 0. The number of carbonyl (C=O) groups is 1. The van der Waals surface area contributed by atoms with E-state index in [2.05, 4.69) is 12.1 Å². The van der Waals surface area contributed by atoms with Crippen LogP contribution in [0.3, 0.4) is 0 Å². The van der Waals surface area contributed by atoms with Gasteiger partial charge in [0.2, 0.25) is 0 Å². The third-order valence-electron chi connectivity index (χ3n) is 4.11. The molecule has 0 spiro atoms. The zero-order valence-corrected chi connectivity index (χ0v) is 12.0. The van der Waals surface area contributed by atoms with Gasteiger partial charge in [-0.3, -0.25) is 9.78 Å². The predicted molar refractivity (Wildman–Crippen MR) is 84.9 cm³/mol. The highest BCUT2D eigenvalue weighted by Gasteiger charge is 2.27. The lowest BCUT2D eigenvalue weighted by molar-refractivity contribution is -0.135. The normalized spacial score (nSPS) is 17.1. The molecule has 1 aromatic heterocycles. The zero-order valence-electron chi connectivity index (χ0n) is 12.0. The van der Waals surface area contributed by atoms with Crippen molar-refractivity contribution in [2.75, 3.05) is 0 Å². The average molecular weight is 289 g/mol. The number of nitrogens with zero attached hydrogens (tertiary/aromatic N) is 1. The number of carbonyl (C=O) groups excluding carboxylic acids is 1. The van der Waals surface area contributed by atoms with Gasteiger partial charge in [0.15, 0.2) is 0 Å². The Morgan fingerprint density at radius 2 is 1.82 bits per heavy atom. The molecule has 1 aliphatic heterocycles. The van der Waals surface area contributed by atoms with Crippen LogP contribution in [0.5, 0.6) is 5.75 Å². The summed E-state index contributed by atoms with van der Waals surface area (Å²) in [5.41, 5.74) is 3.09. The molecule has 22 heavy (non-hydrogen) atoms. The van der Waals surface area contributed by atoms with Crippen molar-refractivity contribution in [2.45, 2.75) is 18.8 Å². The van der Waals surface area contributed by atoms with Crippen LogP contribution in [0.2, 0.25) is 0 Å². The van der Waals surface area contributed by atoms with E-state index in [-0.39, 0.29) is 11.9 Å². The Labute approximate surface area is 128 Å². The minimum atomic E-state index is -0.163. The van der Waals surface area contributed by atoms with Gasteiger partial charge >= 0.3 is 5.97 Å². The molecule has 3 heteroatoms. The van der Waals surface area contributed by atoms with Gasteiger partial charge in [-0.05, 0) is 30.2 Å². The van der Waals surface area contributed by atoms with Crippen LogP contribution < -0.4 is 4.74 Å². The highest BCUT2D eigenvalue weighted by atomic mass is 16.5. The first-order valence-corrected chi connectivity index (χ1v) is 7.44. The molecule has 108 valence electrons. The van der Waals surface area contributed by atoms with Gasteiger partial charge in [0, 0.05) is 17.0 Å². The van der Waals surface area contributed by atoms with Gasteiger partial charge in [0.1, 0.15) is 5.75 Å². The van der Waals surface area contributed by atoms with Gasteiger partial charge in [-0.25, -0.2) is 0 Å². The maximum atomic E-state index is 11.8. The maximum Gasteiger partial charge on any atom is 0.311 e. The number of hydrogen-bond acceptors (Lipinski definition) is 3. The van der Waals surface area contributed by atoms with E-state index in [1.54, 1.807) is 0 Å². The summed E-state index contributed by atoms with van der Waals surface area (Å²) in [6.07, 6.45) is 1.16. The standard InChI is InChI=1S/C19H15NO2/c21-19-12-14(16-6-2-4-8-18(16)22-19)11-15-10-9-13-5-1-3-7-17(13)20-15/h1-10,14H,11-12H2. The molecule has 0 N–H and O–H groups in total. The van der Waals surface area contributed by atoms with Crippen molar-refractivity contribution < 1.29 is 9.53 Å². The number of para-hydroxylation sites is 2. The summed E-state index contributed by atoms with van der Waals surface area (Å²) in [4.78, 5) is 16.5. The number of ether oxygens (including phenoxy) is 1. The van der Waals surface area contributed by atoms with Gasteiger partial charge in [0.25, 0.3) is 0 Å². The fraction of sp³-hybridized carbons (Fsp3) is 0.158. The van der Waals surface area contributed by atoms with Crippen LogP contribution in [0, 0.1) is 0 Å². The molecule has 1 unspecified atom stereocenters. The molecule has 0 radical (unpaired) electrons. The van der Waals surface area contributed by atoms with E-state index in [0.717, 1.165) is 28.6 Å². The molecule has 0 saturated carbocycles. The Hall–Kier alpha value is -2.68. The first-order chi connectivity index (χ1) is 10.8. The lowest BCUT2D eigenvalue weighted by atomic mass is 9.88. The highest BCUT2D eigenvalue weighted by Crippen LogP contribution is 2.35. The van der Waals surface area contributed by atoms with Crippen molar-refractivity contribution >= 4 is 16.9 Å². The molecule has 3 nitrogen and oxygen atoms in total. The van der Waals surface area contributed by atoms with Crippen molar-refractivity contribution in [3.05, 3.63) is 71.9 Å². The van der Waals surface area contributed by atoms with Crippen molar-refractivity contribution in [1.29, 1.82) is 0 Å². The van der Waals surface area contributed by atoms with E-state index < -0.39 is 0 Å². The Bertz CT molecular complexity index is 857. The van der Waals surface area contributed by atoms with Crippen molar-refractivity contribution in [3.8, 4) is 5.75 Å². The van der Waals surface area contributed by atoms with Crippen molar-refractivity contribution in [3.63, 3.8) is 0 Å². The molecule has 2 heterocycles. The second-order valence-electron chi connectivity index (χ2n) is 5.61. The van der Waals surface area contributed by atoms with Gasteiger partial charge < -0.3 is 4.74 Å². The monoisotopic (exact) mass is 289 g/mol. The molecule has 0 bridgehead atoms. The second-order valence-corrected chi connectivity index (χ2v) is 5.61. The summed E-state index contributed by atoms with van der Waals surface area (Å²) in [6, 6.07) is 20.0. The van der Waals surface area contributed by atoms with E-state index in [1.165, 1.54) is 0 Å². The van der Waals surface area contributed by atoms with E-state index in [1.807, 2.05) is 48.5 Å². The number of fused-ring (bicyclic) bond motifs is 2. The van der Waals surface area contributed by atoms with Crippen molar-refractivity contribution in [2.24, 2.45) is 0 Å². The summed E-state index contributed by atoms with van der Waals surface area (Å²) in [7, 11) is 0. The molecule has 0 aliphatic carbocycles. The van der Waals surface area contributed by atoms with Gasteiger partial charge in [-0.15, -0.1) is 0 Å². The molecule has 0 fully saturated rings. The molecule has 3 aromatic rings. The number of esters is 1. The Morgan fingerprint density at radius 3 is 2.77 bits per heavy atom. The first-order valence-electron chi connectivity index (χ1n) is 7.44. The van der Waals surface area contributed by atoms with E-state index in [0.29, 0.717) is 12.2 Å². The van der Waals surface area contributed by atoms with Crippen LogP contribution in [-0.4, -0.2) is 11.0 Å². The maximum absolute atomic E-state index is 11.8. The van der Waals surface area contributed by atoms with Gasteiger partial charge in [-0.2, -0.15) is 0 Å². The Morgan fingerprint density at radius 1 is 1.00 bits per heavy atom. The average Bonchev–Trinajstić information content (AvgIpc) is 2.54. The quantitative estimate of drug-likeness (QED) is 0.531. The van der Waals surface area contributed by atoms with Crippen LogP contribution in [0.1, 0.15) is 23.6 Å². The smallest absolute Gasteiger partial charge is 0.311 e. The molecular formula is C19H15NO2. The molecule has 1 aliphatic rings. The Kier molecular flexibility index (Phi) is 3.11. The molecule has 0 saturated heterocycles. The van der Waals surface area contributed by atoms with Crippen LogP contribution >= 0.6 is 0 Å². The molecule has 0 amide bonds. The van der Waals surface area contributed by atoms with E-state index in [4.69, 9.17) is 9.72 Å². The van der Waals surface area contributed by atoms with Crippen LogP contribution in [0.4, 0.5) is 0 Å². The third-order valence-corrected chi connectivity index (χ3v) is 4.11. The highest BCUT2D eigenvalue weighted by molar-refractivity contribution is 5.79. The minimum Gasteiger partial charge on any atom is -0.426 e. The lowest BCUT2D eigenvalue weighted by Crippen LogP contribution is -2.21. The van der Waals surface area contributed by atoms with Crippen LogP contribution in [0.15, 0.2) is 60.7 Å². The number of benzene rings is 2. The van der Waals surface area contributed by atoms with Gasteiger partial charge in [-0.1, -0.05) is 42.5 Å². The fourth-order valence-electron chi connectivity index (χ4n) is 3.04. The molecular weight excluding hydrogens is 274 g/mol. The topological polar surface area (TPSA) is 39.2 Å². The van der Waals surface area contributed by atoms with Crippen LogP contribution in [0.25, 0.3) is 10.9 Å². The lowest BCUT2D eigenvalue weighted by Gasteiger charge is -2.24. The van der Waals surface area contributed by atoms with Crippen molar-refractivity contribution in [1.82, 2.24) is 4.98 Å². The SMILES string of the molecule is O=C1CC(Cc2ccc3ccccc3n2)c2ccccc2O1. The molecule has 1 atom stereocenters. The number of aromatic nitrogens is 1. The summed E-state index contributed by atoms with van der Waals surface area (Å²) in [6.45, 7) is 0. The summed E-state index contributed by atoms with van der Waals surface area (Å²) in [5, 5.41) is 1.13. The summed E-state index contributed by atoms with van der Waals surface area (Å²) < 4.78 is 5.31. The van der Waals surface area contributed by atoms with E-state index in [9.17, 15) is 4.79 Å². The fourth-order valence-corrected chi connectivity index (χ4v) is 3.04. The Balaban J connectivity index is 1.68. The largest absolute Gasteiger partial charge is 0.426 e. The first kappa shape index (κ1) is 13.0. The second kappa shape index (κ2) is 5.26. The summed E-state index contributed by atoms with van der Waals surface area (Å²) in [5.74, 6) is 0.653. The number of hydrogen-bond donors (Lipinski definition) is 0. The van der Waals surface area contributed by atoms with Gasteiger partial charge in [0.05, 0.1) is 11.9 Å². The number of pyridine rings is 1. The van der Waals surface area contributed by atoms with E-state index >= 15 is 0 Å². The molecule has 4 rings (SSSR count). The minimum absolute atomic E-state index is 0.131. The zero-order chi connectivity index (χ0) is 14.9. The molecule has 2 aromatic carbocycles. The number of rotatable bonds is 2. The van der Waals surface area contributed by atoms with Crippen LogP contribution in [-0.2, 0) is 11.2 Å². The third kappa shape index (κ3) is 2.35. The predicted octanol–water partition coefficient (Wildman–Crippen LogP) is 3.87.